The zero-order chi connectivity index (χ0) is 20.5. The van der Waals surface area contributed by atoms with Crippen LogP contribution in [0.2, 0.25) is 0 Å². The van der Waals surface area contributed by atoms with E-state index in [9.17, 15) is 5.11 Å². The van der Waals surface area contributed by atoms with E-state index in [1.54, 1.807) is 7.11 Å². The molecule has 0 aliphatic carbocycles. The SMILES string of the molecule is COCCN(Cc1cccn1Cc1ccccc1C)CC(O)Cc1ccccc1. The van der Waals surface area contributed by atoms with Gasteiger partial charge in [0.25, 0.3) is 0 Å². The predicted octanol–water partition coefficient (Wildman–Crippen LogP) is 3.90. The Morgan fingerprint density at radius 3 is 2.52 bits per heavy atom. The van der Waals surface area contributed by atoms with E-state index in [4.69, 9.17) is 4.74 Å². The Bertz CT molecular complexity index is 860. The van der Waals surface area contributed by atoms with Gasteiger partial charge in [-0.05, 0) is 42.2 Å². The standard InChI is InChI=1S/C25H32N2O2/c1-21-9-6-7-12-23(21)18-27-14-8-13-24(27)19-26(15-16-29-2)20-25(28)17-22-10-4-3-5-11-22/h3-14,25,28H,15-20H2,1-2H3. The fraction of sp³-hybridized carbons (Fsp3) is 0.360. The highest BCUT2D eigenvalue weighted by Crippen LogP contribution is 2.14. The van der Waals surface area contributed by atoms with Gasteiger partial charge in [0.05, 0.1) is 12.7 Å². The molecule has 1 atom stereocenters. The van der Waals surface area contributed by atoms with Gasteiger partial charge in [0, 0.05) is 45.2 Å². The minimum Gasteiger partial charge on any atom is -0.391 e. The third kappa shape index (κ3) is 6.57. The summed E-state index contributed by atoms with van der Waals surface area (Å²) >= 11 is 0. The van der Waals surface area contributed by atoms with Crippen molar-refractivity contribution in [1.29, 1.82) is 0 Å². The molecule has 0 aliphatic rings. The number of rotatable bonds is 11. The predicted molar refractivity (Wildman–Crippen MR) is 118 cm³/mol. The van der Waals surface area contributed by atoms with Gasteiger partial charge in [-0.2, -0.15) is 0 Å². The summed E-state index contributed by atoms with van der Waals surface area (Å²) in [7, 11) is 1.72. The summed E-state index contributed by atoms with van der Waals surface area (Å²) < 4.78 is 7.60. The molecule has 0 saturated carbocycles. The molecule has 0 amide bonds. The molecule has 1 unspecified atom stereocenters. The van der Waals surface area contributed by atoms with Gasteiger partial charge in [0.1, 0.15) is 0 Å². The molecule has 1 aromatic heterocycles. The molecule has 154 valence electrons. The van der Waals surface area contributed by atoms with Crippen molar-refractivity contribution >= 4 is 0 Å². The van der Waals surface area contributed by atoms with Crippen LogP contribution in [0, 0.1) is 6.92 Å². The van der Waals surface area contributed by atoms with Crippen LogP contribution in [0.3, 0.4) is 0 Å². The Kier molecular flexibility index (Phi) is 8.05. The zero-order valence-corrected chi connectivity index (χ0v) is 17.5. The number of nitrogens with zero attached hydrogens (tertiary/aromatic N) is 2. The molecular formula is C25H32N2O2. The maximum atomic E-state index is 10.7. The van der Waals surface area contributed by atoms with Gasteiger partial charge >= 0.3 is 0 Å². The number of ether oxygens (including phenoxy) is 1. The molecule has 0 bridgehead atoms. The molecule has 0 saturated heterocycles. The number of aryl methyl sites for hydroxylation is 1. The first-order chi connectivity index (χ1) is 14.2. The third-order valence-corrected chi connectivity index (χ3v) is 5.31. The lowest BCUT2D eigenvalue weighted by Gasteiger charge is -2.25. The summed E-state index contributed by atoms with van der Waals surface area (Å²) in [6, 6.07) is 23.0. The molecule has 1 heterocycles. The summed E-state index contributed by atoms with van der Waals surface area (Å²) in [5, 5.41) is 10.7. The highest BCUT2D eigenvalue weighted by Gasteiger charge is 2.15. The van der Waals surface area contributed by atoms with Gasteiger partial charge in [-0.25, -0.2) is 0 Å². The summed E-state index contributed by atoms with van der Waals surface area (Å²) in [6.45, 7) is 5.86. The average Bonchev–Trinajstić information content (AvgIpc) is 3.15. The maximum absolute atomic E-state index is 10.7. The Morgan fingerprint density at radius 1 is 1.00 bits per heavy atom. The van der Waals surface area contributed by atoms with Crippen LogP contribution in [0.1, 0.15) is 22.4 Å². The Morgan fingerprint density at radius 2 is 1.76 bits per heavy atom. The van der Waals surface area contributed by atoms with Crippen LogP contribution < -0.4 is 0 Å². The van der Waals surface area contributed by atoms with Crippen molar-refractivity contribution in [3.05, 3.63) is 95.3 Å². The number of aromatic nitrogens is 1. The number of hydrogen-bond donors (Lipinski definition) is 1. The monoisotopic (exact) mass is 392 g/mol. The minimum atomic E-state index is -0.408. The van der Waals surface area contributed by atoms with Gasteiger partial charge in [-0.1, -0.05) is 54.6 Å². The van der Waals surface area contributed by atoms with Crippen LogP contribution >= 0.6 is 0 Å². The number of hydrogen-bond acceptors (Lipinski definition) is 3. The van der Waals surface area contributed by atoms with Gasteiger partial charge < -0.3 is 14.4 Å². The number of aliphatic hydroxyl groups excluding tert-OH is 1. The molecule has 1 N–H and O–H groups in total. The number of aliphatic hydroxyl groups is 1. The van der Waals surface area contributed by atoms with Crippen LogP contribution in [0.25, 0.3) is 0 Å². The van der Waals surface area contributed by atoms with Crippen molar-refractivity contribution in [3.8, 4) is 0 Å². The van der Waals surface area contributed by atoms with Crippen molar-refractivity contribution < 1.29 is 9.84 Å². The lowest BCUT2D eigenvalue weighted by atomic mass is 10.1. The molecule has 29 heavy (non-hydrogen) atoms. The molecule has 3 aromatic rings. The molecular weight excluding hydrogens is 360 g/mol. The van der Waals surface area contributed by atoms with E-state index < -0.39 is 6.10 Å². The molecule has 0 fully saturated rings. The zero-order valence-electron chi connectivity index (χ0n) is 17.5. The highest BCUT2D eigenvalue weighted by molar-refractivity contribution is 5.26. The van der Waals surface area contributed by atoms with Crippen molar-refractivity contribution in [2.24, 2.45) is 0 Å². The second-order valence-electron chi connectivity index (χ2n) is 7.63. The third-order valence-electron chi connectivity index (χ3n) is 5.31. The highest BCUT2D eigenvalue weighted by atomic mass is 16.5. The van der Waals surface area contributed by atoms with Crippen LogP contribution in [0.5, 0.6) is 0 Å². The van der Waals surface area contributed by atoms with Crippen LogP contribution in [-0.2, 0) is 24.2 Å². The lowest BCUT2D eigenvalue weighted by Crippen LogP contribution is -2.36. The van der Waals surface area contributed by atoms with Gasteiger partial charge in [-0.3, -0.25) is 4.90 Å². The average molecular weight is 393 g/mol. The summed E-state index contributed by atoms with van der Waals surface area (Å²) in [6.07, 6.45) is 2.39. The van der Waals surface area contributed by atoms with Crippen LogP contribution in [0.4, 0.5) is 0 Å². The summed E-state index contributed by atoms with van der Waals surface area (Å²) in [5.74, 6) is 0. The second-order valence-corrected chi connectivity index (χ2v) is 7.63. The minimum absolute atomic E-state index is 0.408. The molecule has 0 aliphatic heterocycles. The van der Waals surface area contributed by atoms with Crippen molar-refractivity contribution in [1.82, 2.24) is 9.47 Å². The first-order valence-corrected chi connectivity index (χ1v) is 10.3. The molecule has 4 heteroatoms. The van der Waals surface area contributed by atoms with Gasteiger partial charge in [0.2, 0.25) is 0 Å². The normalized spacial score (nSPS) is 12.4. The largest absolute Gasteiger partial charge is 0.391 e. The van der Waals surface area contributed by atoms with Crippen molar-refractivity contribution in [2.75, 3.05) is 26.8 Å². The summed E-state index contributed by atoms with van der Waals surface area (Å²) in [4.78, 5) is 2.28. The molecule has 0 spiro atoms. The molecule has 4 nitrogen and oxygen atoms in total. The number of methoxy groups -OCH3 is 1. The van der Waals surface area contributed by atoms with Crippen LogP contribution in [-0.4, -0.2) is 47.5 Å². The number of benzene rings is 2. The van der Waals surface area contributed by atoms with E-state index in [0.29, 0.717) is 19.6 Å². The molecule has 2 aromatic carbocycles. The molecule has 0 radical (unpaired) electrons. The molecule has 3 rings (SSSR count). The van der Waals surface area contributed by atoms with E-state index >= 15 is 0 Å². The fourth-order valence-corrected chi connectivity index (χ4v) is 3.65. The van der Waals surface area contributed by atoms with Gasteiger partial charge in [0.15, 0.2) is 0 Å². The second kappa shape index (κ2) is 11.0. The first kappa shape index (κ1) is 21.3. The van der Waals surface area contributed by atoms with E-state index in [-0.39, 0.29) is 0 Å². The van der Waals surface area contributed by atoms with Crippen LogP contribution in [0.15, 0.2) is 72.9 Å². The smallest absolute Gasteiger partial charge is 0.0707 e. The first-order valence-electron chi connectivity index (χ1n) is 10.3. The van der Waals surface area contributed by atoms with Gasteiger partial charge in [-0.15, -0.1) is 0 Å². The Balaban J connectivity index is 1.65. The van der Waals surface area contributed by atoms with E-state index in [2.05, 4.69) is 71.1 Å². The fourth-order valence-electron chi connectivity index (χ4n) is 3.65. The maximum Gasteiger partial charge on any atom is 0.0707 e. The Hall–Kier alpha value is -2.40. The van der Waals surface area contributed by atoms with Crippen molar-refractivity contribution in [2.45, 2.75) is 32.5 Å². The lowest BCUT2D eigenvalue weighted by molar-refractivity contribution is 0.0839. The van der Waals surface area contributed by atoms with E-state index in [0.717, 1.165) is 25.2 Å². The summed E-state index contributed by atoms with van der Waals surface area (Å²) in [5.41, 5.74) is 5.05. The quantitative estimate of drug-likeness (QED) is 0.538. The van der Waals surface area contributed by atoms with E-state index in [1.165, 1.54) is 16.8 Å². The van der Waals surface area contributed by atoms with Crippen molar-refractivity contribution in [3.63, 3.8) is 0 Å². The topological polar surface area (TPSA) is 37.6 Å². The Labute approximate surface area is 174 Å². The van der Waals surface area contributed by atoms with E-state index in [1.807, 2.05) is 18.2 Å².